The third-order valence-corrected chi connectivity index (χ3v) is 2.83. The third-order valence-electron chi connectivity index (χ3n) is 2.83. The van der Waals surface area contributed by atoms with E-state index in [1.807, 2.05) is 31.2 Å². The second kappa shape index (κ2) is 7.84. The molecule has 0 radical (unpaired) electrons. The number of para-hydroxylation sites is 1. The smallest absolute Gasteiger partial charge is 0.226 e. The fourth-order valence-electron chi connectivity index (χ4n) is 1.78. The van der Waals surface area contributed by atoms with Crippen LogP contribution in [-0.2, 0) is 16.1 Å². The summed E-state index contributed by atoms with van der Waals surface area (Å²) in [7, 11) is 1.79. The molecule has 1 aromatic carbocycles. The lowest BCUT2D eigenvalue weighted by Gasteiger charge is -2.20. The molecule has 0 aromatic heterocycles. The minimum absolute atomic E-state index is 0.0932. The lowest BCUT2D eigenvalue weighted by molar-refractivity contribution is -0.118. The molecule has 0 atom stereocenters. The number of rotatable bonds is 7. The normalized spacial score (nSPS) is 10.4. The number of ether oxygens (including phenoxy) is 1. The van der Waals surface area contributed by atoms with Crippen LogP contribution in [0, 0.1) is 0 Å². The summed E-state index contributed by atoms with van der Waals surface area (Å²) in [6, 6.07) is 7.71. The van der Waals surface area contributed by atoms with Crippen molar-refractivity contribution < 1.29 is 9.53 Å². The Hall–Kier alpha value is -1.39. The maximum atomic E-state index is 12.0. The van der Waals surface area contributed by atoms with E-state index in [-0.39, 0.29) is 5.91 Å². The highest BCUT2D eigenvalue weighted by molar-refractivity contribution is 5.93. The average molecular weight is 250 g/mol. The summed E-state index contributed by atoms with van der Waals surface area (Å²) >= 11 is 0. The largest absolute Gasteiger partial charge is 0.382 e. The molecule has 0 heterocycles. The number of benzene rings is 1. The van der Waals surface area contributed by atoms with Gasteiger partial charge in [0.15, 0.2) is 0 Å². The Bertz CT molecular complexity index is 380. The molecule has 0 saturated carbocycles. The van der Waals surface area contributed by atoms with Gasteiger partial charge in [-0.1, -0.05) is 18.2 Å². The SMILES string of the molecule is CCOCCCC(=O)N(C)c1ccccc1CN. The molecule has 100 valence electrons. The van der Waals surface area contributed by atoms with E-state index in [2.05, 4.69) is 0 Å². The summed E-state index contributed by atoms with van der Waals surface area (Å²) in [4.78, 5) is 13.7. The van der Waals surface area contributed by atoms with Gasteiger partial charge in [-0.2, -0.15) is 0 Å². The molecule has 0 unspecified atom stereocenters. The first-order valence-electron chi connectivity index (χ1n) is 6.33. The summed E-state index contributed by atoms with van der Waals surface area (Å²) in [5.41, 5.74) is 7.54. The quantitative estimate of drug-likeness (QED) is 0.752. The predicted octanol–water partition coefficient (Wildman–Crippen LogP) is 1.92. The van der Waals surface area contributed by atoms with Gasteiger partial charge in [0.05, 0.1) is 0 Å². The highest BCUT2D eigenvalue weighted by Gasteiger charge is 2.12. The topological polar surface area (TPSA) is 55.6 Å². The lowest BCUT2D eigenvalue weighted by Crippen LogP contribution is -2.27. The highest BCUT2D eigenvalue weighted by Crippen LogP contribution is 2.19. The molecule has 1 amide bonds. The van der Waals surface area contributed by atoms with E-state index in [1.165, 1.54) is 0 Å². The number of anilines is 1. The van der Waals surface area contributed by atoms with E-state index in [9.17, 15) is 4.79 Å². The van der Waals surface area contributed by atoms with Gasteiger partial charge in [-0.15, -0.1) is 0 Å². The van der Waals surface area contributed by atoms with Crippen LogP contribution in [-0.4, -0.2) is 26.2 Å². The van der Waals surface area contributed by atoms with Crippen molar-refractivity contribution in [3.05, 3.63) is 29.8 Å². The summed E-state index contributed by atoms with van der Waals surface area (Å²) in [6.07, 6.45) is 1.25. The van der Waals surface area contributed by atoms with Crippen LogP contribution < -0.4 is 10.6 Å². The van der Waals surface area contributed by atoms with Crippen molar-refractivity contribution in [2.75, 3.05) is 25.2 Å². The molecule has 1 aromatic rings. The van der Waals surface area contributed by atoms with Crippen LogP contribution in [0.3, 0.4) is 0 Å². The van der Waals surface area contributed by atoms with E-state index >= 15 is 0 Å². The molecule has 0 aliphatic heterocycles. The zero-order valence-corrected chi connectivity index (χ0v) is 11.2. The molecule has 2 N–H and O–H groups in total. The van der Waals surface area contributed by atoms with Crippen molar-refractivity contribution in [1.29, 1.82) is 0 Å². The maximum absolute atomic E-state index is 12.0. The Kier molecular flexibility index (Phi) is 6.39. The van der Waals surface area contributed by atoms with Gasteiger partial charge in [0.1, 0.15) is 0 Å². The number of hydrogen-bond donors (Lipinski definition) is 1. The van der Waals surface area contributed by atoms with E-state index < -0.39 is 0 Å². The van der Waals surface area contributed by atoms with Gasteiger partial charge in [0.2, 0.25) is 5.91 Å². The first-order chi connectivity index (χ1) is 8.70. The molecular weight excluding hydrogens is 228 g/mol. The van der Waals surface area contributed by atoms with Crippen LogP contribution in [0.15, 0.2) is 24.3 Å². The van der Waals surface area contributed by atoms with Crippen LogP contribution in [0.25, 0.3) is 0 Å². The number of amides is 1. The maximum Gasteiger partial charge on any atom is 0.226 e. The van der Waals surface area contributed by atoms with Crippen molar-refractivity contribution in [3.8, 4) is 0 Å². The Morgan fingerprint density at radius 2 is 2.11 bits per heavy atom. The van der Waals surface area contributed by atoms with E-state index in [0.717, 1.165) is 17.7 Å². The van der Waals surface area contributed by atoms with Gasteiger partial charge in [-0.05, 0) is 25.0 Å². The third kappa shape index (κ3) is 4.13. The van der Waals surface area contributed by atoms with Crippen molar-refractivity contribution in [1.82, 2.24) is 0 Å². The molecule has 18 heavy (non-hydrogen) atoms. The standard InChI is InChI=1S/C14H22N2O2/c1-3-18-10-6-9-14(17)16(2)13-8-5-4-7-12(13)11-15/h4-5,7-8H,3,6,9-11,15H2,1-2H3. The van der Waals surface area contributed by atoms with Crippen LogP contribution in [0.5, 0.6) is 0 Å². The fourth-order valence-corrected chi connectivity index (χ4v) is 1.78. The van der Waals surface area contributed by atoms with Crippen LogP contribution in [0.1, 0.15) is 25.3 Å². The lowest BCUT2D eigenvalue weighted by atomic mass is 10.1. The van der Waals surface area contributed by atoms with Gasteiger partial charge in [0.25, 0.3) is 0 Å². The fraction of sp³-hybridized carbons (Fsp3) is 0.500. The Balaban J connectivity index is 2.57. The molecule has 4 heteroatoms. The van der Waals surface area contributed by atoms with Crippen LogP contribution in [0.4, 0.5) is 5.69 Å². The number of nitrogens with two attached hydrogens (primary N) is 1. The second-order valence-electron chi connectivity index (χ2n) is 4.09. The van der Waals surface area contributed by atoms with Crippen LogP contribution in [0.2, 0.25) is 0 Å². The zero-order chi connectivity index (χ0) is 13.4. The van der Waals surface area contributed by atoms with E-state index in [4.69, 9.17) is 10.5 Å². The molecule has 1 rings (SSSR count). The van der Waals surface area contributed by atoms with Gasteiger partial charge >= 0.3 is 0 Å². The second-order valence-corrected chi connectivity index (χ2v) is 4.09. The average Bonchev–Trinajstić information content (AvgIpc) is 2.42. The van der Waals surface area contributed by atoms with Gasteiger partial charge < -0.3 is 15.4 Å². The molecular formula is C14H22N2O2. The molecule has 4 nitrogen and oxygen atoms in total. The van der Waals surface area contributed by atoms with Crippen molar-refractivity contribution >= 4 is 11.6 Å². The van der Waals surface area contributed by atoms with Crippen molar-refractivity contribution in [2.45, 2.75) is 26.3 Å². The van der Waals surface area contributed by atoms with Gasteiger partial charge in [0, 0.05) is 38.9 Å². The van der Waals surface area contributed by atoms with E-state index in [0.29, 0.717) is 26.2 Å². The predicted molar refractivity (Wildman–Crippen MR) is 73.5 cm³/mol. The Morgan fingerprint density at radius 3 is 2.78 bits per heavy atom. The number of nitrogens with zero attached hydrogens (tertiary/aromatic N) is 1. The number of carbonyl (C=O) groups excluding carboxylic acids is 1. The minimum atomic E-state index is 0.0932. The summed E-state index contributed by atoms with van der Waals surface area (Å²) in [5, 5.41) is 0. The number of hydrogen-bond acceptors (Lipinski definition) is 3. The summed E-state index contributed by atoms with van der Waals surface area (Å²) < 4.78 is 5.22. The Labute approximate surface area is 109 Å². The summed E-state index contributed by atoms with van der Waals surface area (Å²) in [6.45, 7) is 3.72. The molecule has 0 bridgehead atoms. The molecule has 0 saturated heterocycles. The summed E-state index contributed by atoms with van der Waals surface area (Å²) in [5.74, 6) is 0.0932. The van der Waals surface area contributed by atoms with Crippen LogP contribution >= 0.6 is 0 Å². The molecule has 0 fully saturated rings. The molecule has 0 spiro atoms. The van der Waals surface area contributed by atoms with Crippen molar-refractivity contribution in [3.63, 3.8) is 0 Å². The Morgan fingerprint density at radius 1 is 1.39 bits per heavy atom. The molecule has 0 aliphatic rings. The monoisotopic (exact) mass is 250 g/mol. The van der Waals surface area contributed by atoms with Gasteiger partial charge in [-0.25, -0.2) is 0 Å². The first-order valence-corrected chi connectivity index (χ1v) is 6.33. The zero-order valence-electron chi connectivity index (χ0n) is 11.2. The van der Waals surface area contributed by atoms with Crippen molar-refractivity contribution in [2.24, 2.45) is 5.73 Å². The highest BCUT2D eigenvalue weighted by atomic mass is 16.5. The number of carbonyl (C=O) groups is 1. The molecule has 0 aliphatic carbocycles. The van der Waals surface area contributed by atoms with E-state index in [1.54, 1.807) is 11.9 Å². The van der Waals surface area contributed by atoms with Gasteiger partial charge in [-0.3, -0.25) is 4.79 Å². The first kappa shape index (κ1) is 14.7. The minimum Gasteiger partial charge on any atom is -0.382 e.